The van der Waals surface area contributed by atoms with Crippen LogP contribution in [0, 0.1) is 12.7 Å². The maximum Gasteiger partial charge on any atom is 0.240 e. The average Bonchev–Trinajstić information content (AvgIpc) is 2.64. The van der Waals surface area contributed by atoms with Gasteiger partial charge in [0, 0.05) is 13.0 Å². The summed E-state index contributed by atoms with van der Waals surface area (Å²) in [5.74, 6) is -0.976. The Morgan fingerprint density at radius 2 is 1.81 bits per heavy atom. The zero-order valence-corrected chi connectivity index (χ0v) is 16.0. The highest BCUT2D eigenvalue weighted by atomic mass is 32.2. The van der Waals surface area contributed by atoms with Gasteiger partial charge in [0.05, 0.1) is 10.6 Å². The second-order valence-corrected chi connectivity index (χ2v) is 8.58. The van der Waals surface area contributed by atoms with Crippen LogP contribution in [-0.2, 0) is 27.7 Å². The molecule has 1 aliphatic carbocycles. The van der Waals surface area contributed by atoms with Crippen LogP contribution in [0.1, 0.15) is 36.0 Å². The second kappa shape index (κ2) is 8.19. The van der Waals surface area contributed by atoms with E-state index in [1.807, 2.05) is 6.07 Å². The van der Waals surface area contributed by atoms with Gasteiger partial charge in [0.25, 0.3) is 0 Å². The number of anilines is 1. The number of fused-ring (bicyclic) bond motifs is 1. The van der Waals surface area contributed by atoms with Crippen LogP contribution >= 0.6 is 0 Å². The Bertz CT molecular complexity index is 958. The summed E-state index contributed by atoms with van der Waals surface area (Å²) in [5.41, 5.74) is 3.20. The van der Waals surface area contributed by atoms with Crippen LogP contribution in [0.25, 0.3) is 0 Å². The lowest BCUT2D eigenvalue weighted by atomic mass is 9.92. The van der Waals surface area contributed by atoms with Gasteiger partial charge >= 0.3 is 0 Å². The fraction of sp³-hybridized carbons (Fsp3) is 0.350. The summed E-state index contributed by atoms with van der Waals surface area (Å²) in [5, 5.41) is 2.47. The number of hydrogen-bond donors (Lipinski definition) is 2. The van der Waals surface area contributed by atoms with Gasteiger partial charge in [-0.15, -0.1) is 0 Å². The van der Waals surface area contributed by atoms with E-state index in [0.717, 1.165) is 36.8 Å². The number of nitrogens with one attached hydrogen (secondary N) is 2. The van der Waals surface area contributed by atoms with Crippen LogP contribution in [0.5, 0.6) is 0 Å². The number of hydrogen-bond acceptors (Lipinski definition) is 3. The van der Waals surface area contributed by atoms with Crippen molar-refractivity contribution in [3.05, 3.63) is 58.9 Å². The molecule has 3 rings (SSSR count). The predicted octanol–water partition coefficient (Wildman–Crippen LogP) is 3.32. The fourth-order valence-electron chi connectivity index (χ4n) is 3.21. The van der Waals surface area contributed by atoms with Gasteiger partial charge in [0.2, 0.25) is 15.9 Å². The Morgan fingerprint density at radius 1 is 1.07 bits per heavy atom. The molecular formula is C20H23FN2O3S. The summed E-state index contributed by atoms with van der Waals surface area (Å²) in [6, 6.07) is 9.62. The SMILES string of the molecule is Cc1ccc(F)c(NC(=O)CCNS(=O)(=O)c2ccc3c(c2)CCCC3)c1. The Labute approximate surface area is 159 Å². The summed E-state index contributed by atoms with van der Waals surface area (Å²) in [6.45, 7) is 1.74. The smallest absolute Gasteiger partial charge is 0.240 e. The maximum atomic E-state index is 13.7. The standard InChI is InChI=1S/C20H23FN2O3S/c1-14-6-9-18(21)19(12-14)23-20(24)10-11-22-27(25,26)17-8-7-15-4-2-3-5-16(15)13-17/h6-9,12-13,22H,2-5,10-11H2,1H3,(H,23,24). The molecule has 0 bridgehead atoms. The van der Waals surface area contributed by atoms with E-state index in [9.17, 15) is 17.6 Å². The highest BCUT2D eigenvalue weighted by Gasteiger charge is 2.18. The summed E-state index contributed by atoms with van der Waals surface area (Å²) in [7, 11) is -3.68. The quantitative estimate of drug-likeness (QED) is 0.795. The number of sulfonamides is 1. The molecule has 27 heavy (non-hydrogen) atoms. The van der Waals surface area contributed by atoms with E-state index in [2.05, 4.69) is 10.0 Å². The third-order valence-electron chi connectivity index (χ3n) is 4.67. The molecule has 7 heteroatoms. The van der Waals surface area contributed by atoms with E-state index in [4.69, 9.17) is 0 Å². The highest BCUT2D eigenvalue weighted by Crippen LogP contribution is 2.24. The molecular weight excluding hydrogens is 367 g/mol. The first kappa shape index (κ1) is 19.5. The number of carbonyl (C=O) groups excluding carboxylic acids is 1. The lowest BCUT2D eigenvalue weighted by molar-refractivity contribution is -0.116. The fourth-order valence-corrected chi connectivity index (χ4v) is 4.29. The van der Waals surface area contributed by atoms with Gasteiger partial charge < -0.3 is 5.32 Å². The van der Waals surface area contributed by atoms with Gasteiger partial charge in [0.15, 0.2) is 0 Å². The molecule has 2 aromatic rings. The van der Waals surface area contributed by atoms with E-state index in [-0.39, 0.29) is 23.5 Å². The van der Waals surface area contributed by atoms with Crippen molar-refractivity contribution in [2.24, 2.45) is 0 Å². The van der Waals surface area contributed by atoms with Crippen molar-refractivity contribution in [2.75, 3.05) is 11.9 Å². The number of rotatable bonds is 6. The highest BCUT2D eigenvalue weighted by molar-refractivity contribution is 7.89. The molecule has 0 aromatic heterocycles. The minimum absolute atomic E-state index is 0.0569. The molecule has 5 nitrogen and oxygen atoms in total. The molecule has 2 N–H and O–H groups in total. The summed E-state index contributed by atoms with van der Waals surface area (Å²) in [6.07, 6.45) is 3.99. The van der Waals surface area contributed by atoms with Crippen LogP contribution in [0.4, 0.5) is 10.1 Å². The van der Waals surface area contributed by atoms with E-state index in [0.29, 0.717) is 0 Å². The third kappa shape index (κ3) is 4.93. The number of amides is 1. The average molecular weight is 390 g/mol. The van der Waals surface area contributed by atoms with Crippen LogP contribution in [-0.4, -0.2) is 20.9 Å². The van der Waals surface area contributed by atoms with Crippen LogP contribution in [0.3, 0.4) is 0 Å². The van der Waals surface area contributed by atoms with Crippen molar-refractivity contribution in [2.45, 2.75) is 43.9 Å². The van der Waals surface area contributed by atoms with Gasteiger partial charge in [-0.2, -0.15) is 0 Å². The Morgan fingerprint density at radius 3 is 2.59 bits per heavy atom. The number of carbonyl (C=O) groups is 1. The Hall–Kier alpha value is -2.25. The predicted molar refractivity (Wildman–Crippen MR) is 103 cm³/mol. The molecule has 1 amide bonds. The van der Waals surface area contributed by atoms with Crippen molar-refractivity contribution < 1.29 is 17.6 Å². The molecule has 0 unspecified atom stereocenters. The Kier molecular flexibility index (Phi) is 5.92. The first-order chi connectivity index (χ1) is 12.8. The minimum Gasteiger partial charge on any atom is -0.324 e. The number of halogens is 1. The van der Waals surface area contributed by atoms with E-state index in [1.54, 1.807) is 25.1 Å². The van der Waals surface area contributed by atoms with Gasteiger partial charge in [-0.3, -0.25) is 4.79 Å². The molecule has 0 heterocycles. The number of benzene rings is 2. The zero-order chi connectivity index (χ0) is 19.4. The van der Waals surface area contributed by atoms with Crippen molar-refractivity contribution >= 4 is 21.6 Å². The second-order valence-electron chi connectivity index (χ2n) is 6.82. The molecule has 0 aliphatic heterocycles. The molecule has 0 saturated carbocycles. The molecule has 0 atom stereocenters. The van der Waals surface area contributed by atoms with Gasteiger partial charge in [0.1, 0.15) is 5.82 Å². The van der Waals surface area contributed by atoms with Crippen molar-refractivity contribution in [3.63, 3.8) is 0 Å². The minimum atomic E-state index is -3.68. The summed E-state index contributed by atoms with van der Waals surface area (Å²) >= 11 is 0. The van der Waals surface area contributed by atoms with Gasteiger partial charge in [-0.05, 0) is 73.6 Å². The van der Waals surface area contributed by atoms with Crippen molar-refractivity contribution in [1.82, 2.24) is 4.72 Å². The van der Waals surface area contributed by atoms with E-state index < -0.39 is 21.7 Å². The largest absolute Gasteiger partial charge is 0.324 e. The molecule has 0 fully saturated rings. The zero-order valence-electron chi connectivity index (χ0n) is 15.2. The molecule has 0 saturated heterocycles. The van der Waals surface area contributed by atoms with Gasteiger partial charge in [-0.1, -0.05) is 12.1 Å². The van der Waals surface area contributed by atoms with Crippen molar-refractivity contribution in [1.29, 1.82) is 0 Å². The van der Waals surface area contributed by atoms with Gasteiger partial charge in [-0.25, -0.2) is 17.5 Å². The van der Waals surface area contributed by atoms with Crippen LogP contribution in [0.15, 0.2) is 41.3 Å². The summed E-state index contributed by atoms with van der Waals surface area (Å²) < 4.78 is 41.0. The molecule has 0 radical (unpaired) electrons. The third-order valence-corrected chi connectivity index (χ3v) is 6.13. The van der Waals surface area contributed by atoms with Crippen molar-refractivity contribution in [3.8, 4) is 0 Å². The first-order valence-electron chi connectivity index (χ1n) is 9.02. The first-order valence-corrected chi connectivity index (χ1v) is 10.5. The van der Waals surface area contributed by atoms with Crippen LogP contribution in [0.2, 0.25) is 0 Å². The summed E-state index contributed by atoms with van der Waals surface area (Å²) in [4.78, 5) is 12.2. The molecule has 144 valence electrons. The Balaban J connectivity index is 1.57. The molecule has 0 spiro atoms. The molecule has 1 aliphatic rings. The monoisotopic (exact) mass is 390 g/mol. The lowest BCUT2D eigenvalue weighted by Gasteiger charge is -2.16. The lowest BCUT2D eigenvalue weighted by Crippen LogP contribution is -2.28. The maximum absolute atomic E-state index is 13.7. The normalized spacial score (nSPS) is 13.9. The number of aryl methyl sites for hydroxylation is 3. The van der Waals surface area contributed by atoms with E-state index >= 15 is 0 Å². The van der Waals surface area contributed by atoms with E-state index in [1.165, 1.54) is 17.7 Å². The topological polar surface area (TPSA) is 75.3 Å². The van der Waals surface area contributed by atoms with Crippen LogP contribution < -0.4 is 10.0 Å². The molecule has 2 aromatic carbocycles.